The summed E-state index contributed by atoms with van der Waals surface area (Å²) in [7, 11) is 0. The Hall–Kier alpha value is -1.20. The highest BCUT2D eigenvalue weighted by molar-refractivity contribution is 7.99. The minimum Gasteiger partial charge on any atom is -0.508 e. The third-order valence-corrected chi connectivity index (χ3v) is 3.13. The van der Waals surface area contributed by atoms with E-state index in [0.29, 0.717) is 6.42 Å². The topological polar surface area (TPSA) is 75.3 Å². The van der Waals surface area contributed by atoms with Crippen LogP contribution in [-0.2, 0) is 4.79 Å². The highest BCUT2D eigenvalue weighted by Crippen LogP contribution is 2.23. The number of unbranched alkanes of at least 4 members (excludes halogenated alkanes) is 1. The maximum absolute atomic E-state index is 10.8. The number of hydrogen-bond acceptors (Lipinski definition) is 4. The van der Waals surface area contributed by atoms with E-state index in [1.54, 1.807) is 23.9 Å². The van der Waals surface area contributed by atoms with E-state index >= 15 is 0 Å². The summed E-state index contributed by atoms with van der Waals surface area (Å²) < 4.78 is 0. The summed E-state index contributed by atoms with van der Waals surface area (Å²) in [6.07, 6.45) is 2.25. The van der Waals surface area contributed by atoms with Crippen molar-refractivity contribution in [3.8, 4) is 5.75 Å². The average molecular weight is 240 g/mol. The van der Waals surface area contributed by atoms with Crippen molar-refractivity contribution >= 4 is 17.7 Å². The molecule has 0 radical (unpaired) electrons. The van der Waals surface area contributed by atoms with Gasteiger partial charge < -0.3 is 5.11 Å². The quantitative estimate of drug-likeness (QED) is 0.232. The highest BCUT2D eigenvalue weighted by Gasteiger charge is 1.99. The number of benzene rings is 1. The molecule has 4 N–H and O–H groups in total. The molecular formula is C11H16N2O2S. The van der Waals surface area contributed by atoms with Crippen LogP contribution in [0.2, 0.25) is 0 Å². The number of nitrogens with two attached hydrogens (primary N) is 1. The summed E-state index contributed by atoms with van der Waals surface area (Å²) in [6, 6.07) is 7.16. The fourth-order valence-electron chi connectivity index (χ4n) is 1.22. The molecule has 0 saturated heterocycles. The van der Waals surface area contributed by atoms with E-state index in [1.807, 2.05) is 12.1 Å². The molecule has 0 saturated carbocycles. The SMILES string of the molecule is NNC(=O)CCCCSc1cccc(O)c1. The lowest BCUT2D eigenvalue weighted by Gasteiger charge is -2.02. The van der Waals surface area contributed by atoms with Crippen LogP contribution in [0.15, 0.2) is 29.2 Å². The Labute approximate surface area is 99.2 Å². The van der Waals surface area contributed by atoms with E-state index in [2.05, 4.69) is 5.43 Å². The van der Waals surface area contributed by atoms with Gasteiger partial charge in [0.1, 0.15) is 5.75 Å². The third-order valence-electron chi connectivity index (χ3n) is 2.05. The zero-order valence-corrected chi connectivity index (χ0v) is 9.80. The first kappa shape index (κ1) is 12.9. The number of phenols is 1. The van der Waals surface area contributed by atoms with Crippen molar-refractivity contribution in [2.75, 3.05) is 5.75 Å². The standard InChI is InChI=1S/C11H16N2O2S/c12-13-11(15)6-1-2-7-16-10-5-3-4-9(14)8-10/h3-5,8,14H,1-2,6-7,12H2,(H,13,15). The zero-order valence-electron chi connectivity index (χ0n) is 8.98. The molecule has 0 atom stereocenters. The number of rotatable bonds is 6. The maximum Gasteiger partial charge on any atom is 0.233 e. The predicted molar refractivity (Wildman–Crippen MR) is 65.0 cm³/mol. The fraction of sp³-hybridized carbons (Fsp3) is 0.364. The molecule has 0 aliphatic carbocycles. The van der Waals surface area contributed by atoms with Crippen LogP contribution in [0.3, 0.4) is 0 Å². The van der Waals surface area contributed by atoms with E-state index in [-0.39, 0.29) is 11.7 Å². The second-order valence-corrected chi connectivity index (χ2v) is 4.54. The Bertz CT molecular complexity index is 345. The molecule has 0 unspecified atom stereocenters. The Morgan fingerprint density at radius 1 is 1.44 bits per heavy atom. The van der Waals surface area contributed by atoms with Crippen LogP contribution in [0, 0.1) is 0 Å². The molecule has 1 amide bonds. The Balaban J connectivity index is 2.14. The number of phenolic OH excluding ortho intramolecular Hbond substituents is 1. The fourth-order valence-corrected chi connectivity index (χ4v) is 2.19. The third kappa shape index (κ3) is 5.04. The van der Waals surface area contributed by atoms with Gasteiger partial charge in [-0.05, 0) is 36.8 Å². The van der Waals surface area contributed by atoms with Gasteiger partial charge in [-0.1, -0.05) is 6.07 Å². The van der Waals surface area contributed by atoms with Crippen LogP contribution in [0.25, 0.3) is 0 Å². The van der Waals surface area contributed by atoms with Crippen molar-refractivity contribution in [2.24, 2.45) is 5.84 Å². The van der Waals surface area contributed by atoms with Crippen LogP contribution in [0.5, 0.6) is 5.75 Å². The van der Waals surface area contributed by atoms with Crippen molar-refractivity contribution in [3.63, 3.8) is 0 Å². The first-order valence-electron chi connectivity index (χ1n) is 5.13. The minimum absolute atomic E-state index is 0.123. The average Bonchev–Trinajstić information content (AvgIpc) is 2.28. The van der Waals surface area contributed by atoms with Gasteiger partial charge in [0.2, 0.25) is 5.91 Å². The van der Waals surface area contributed by atoms with Crippen molar-refractivity contribution in [1.82, 2.24) is 5.43 Å². The Morgan fingerprint density at radius 2 is 2.25 bits per heavy atom. The summed E-state index contributed by atoms with van der Waals surface area (Å²) in [5.41, 5.74) is 2.10. The van der Waals surface area contributed by atoms with Gasteiger partial charge in [-0.25, -0.2) is 5.84 Å². The first-order chi connectivity index (χ1) is 7.72. The maximum atomic E-state index is 10.8. The van der Waals surface area contributed by atoms with Gasteiger partial charge in [0.25, 0.3) is 0 Å². The molecule has 0 bridgehead atoms. The highest BCUT2D eigenvalue weighted by atomic mass is 32.2. The molecule has 4 nitrogen and oxygen atoms in total. The summed E-state index contributed by atoms with van der Waals surface area (Å²) >= 11 is 1.67. The molecule has 0 aromatic heterocycles. The molecule has 88 valence electrons. The minimum atomic E-state index is -0.123. The van der Waals surface area contributed by atoms with E-state index in [1.165, 1.54) is 0 Å². The second kappa shape index (κ2) is 7.14. The van der Waals surface area contributed by atoms with Crippen molar-refractivity contribution in [2.45, 2.75) is 24.2 Å². The normalized spacial score (nSPS) is 10.1. The lowest BCUT2D eigenvalue weighted by Crippen LogP contribution is -2.29. The molecular weight excluding hydrogens is 224 g/mol. The number of aromatic hydroxyl groups is 1. The number of hydrogen-bond donors (Lipinski definition) is 3. The lowest BCUT2D eigenvalue weighted by molar-refractivity contribution is -0.121. The molecule has 5 heteroatoms. The monoisotopic (exact) mass is 240 g/mol. The number of hydrazine groups is 1. The van der Waals surface area contributed by atoms with Crippen molar-refractivity contribution in [1.29, 1.82) is 0 Å². The molecule has 16 heavy (non-hydrogen) atoms. The van der Waals surface area contributed by atoms with E-state index in [4.69, 9.17) is 5.84 Å². The molecule has 0 fully saturated rings. The van der Waals surface area contributed by atoms with Crippen LogP contribution >= 0.6 is 11.8 Å². The van der Waals surface area contributed by atoms with Gasteiger partial charge in [0.05, 0.1) is 0 Å². The van der Waals surface area contributed by atoms with Crippen molar-refractivity contribution < 1.29 is 9.90 Å². The largest absolute Gasteiger partial charge is 0.508 e. The van der Waals surface area contributed by atoms with Gasteiger partial charge in [-0.15, -0.1) is 11.8 Å². The van der Waals surface area contributed by atoms with Gasteiger partial charge >= 0.3 is 0 Å². The summed E-state index contributed by atoms with van der Waals surface area (Å²) in [5, 5.41) is 9.24. The summed E-state index contributed by atoms with van der Waals surface area (Å²) in [4.78, 5) is 11.9. The molecule has 1 rings (SSSR count). The van der Waals surface area contributed by atoms with Crippen molar-refractivity contribution in [3.05, 3.63) is 24.3 Å². The summed E-state index contributed by atoms with van der Waals surface area (Å²) in [6.45, 7) is 0. The van der Waals surface area contributed by atoms with Gasteiger partial charge in [-0.2, -0.15) is 0 Å². The van der Waals surface area contributed by atoms with Crippen LogP contribution in [-0.4, -0.2) is 16.8 Å². The number of thioether (sulfide) groups is 1. The molecule has 1 aromatic carbocycles. The zero-order chi connectivity index (χ0) is 11.8. The van der Waals surface area contributed by atoms with E-state index in [9.17, 15) is 9.90 Å². The van der Waals surface area contributed by atoms with Crippen LogP contribution in [0.4, 0.5) is 0 Å². The molecule has 0 aliphatic rings. The van der Waals surface area contributed by atoms with Crippen LogP contribution < -0.4 is 11.3 Å². The molecule has 0 aliphatic heterocycles. The molecule has 0 heterocycles. The van der Waals surface area contributed by atoms with E-state index in [0.717, 1.165) is 23.5 Å². The lowest BCUT2D eigenvalue weighted by atomic mass is 10.2. The molecule has 0 spiro atoms. The number of carbonyl (C=O) groups is 1. The Kier molecular flexibility index (Phi) is 5.74. The number of nitrogens with one attached hydrogen (secondary N) is 1. The van der Waals surface area contributed by atoms with Gasteiger partial charge in [0.15, 0.2) is 0 Å². The second-order valence-electron chi connectivity index (χ2n) is 3.37. The van der Waals surface area contributed by atoms with Gasteiger partial charge in [0, 0.05) is 11.3 Å². The van der Waals surface area contributed by atoms with E-state index < -0.39 is 0 Å². The smallest absolute Gasteiger partial charge is 0.233 e. The number of amides is 1. The predicted octanol–water partition coefficient (Wildman–Crippen LogP) is 1.64. The summed E-state index contributed by atoms with van der Waals surface area (Å²) in [5.74, 6) is 6.06. The van der Waals surface area contributed by atoms with Gasteiger partial charge in [-0.3, -0.25) is 10.2 Å². The van der Waals surface area contributed by atoms with Crippen LogP contribution in [0.1, 0.15) is 19.3 Å². The Morgan fingerprint density at radius 3 is 2.94 bits per heavy atom. The first-order valence-corrected chi connectivity index (χ1v) is 6.12. The molecule has 1 aromatic rings. The number of carbonyl (C=O) groups excluding carboxylic acids is 1.